The van der Waals surface area contributed by atoms with Gasteiger partial charge in [-0.15, -0.1) is 0 Å². The van der Waals surface area contributed by atoms with Crippen molar-refractivity contribution in [1.29, 1.82) is 0 Å². The highest BCUT2D eigenvalue weighted by Crippen LogP contribution is 2.42. The van der Waals surface area contributed by atoms with Gasteiger partial charge in [-0.05, 0) is 18.4 Å². The topological polar surface area (TPSA) is 66.8 Å². The molecule has 104 valence electrons. The van der Waals surface area contributed by atoms with Gasteiger partial charge in [0.1, 0.15) is 11.2 Å². The number of rotatable bonds is 4. The van der Waals surface area contributed by atoms with Gasteiger partial charge in [0.05, 0.1) is 12.7 Å². The second-order valence-corrected chi connectivity index (χ2v) is 5.50. The lowest BCUT2D eigenvalue weighted by atomic mass is 9.71. The lowest BCUT2D eigenvalue weighted by Crippen LogP contribution is -2.44. The Morgan fingerprint density at radius 3 is 2.74 bits per heavy atom. The zero-order chi connectivity index (χ0) is 14.0. The fourth-order valence-corrected chi connectivity index (χ4v) is 2.57. The van der Waals surface area contributed by atoms with Gasteiger partial charge in [-0.3, -0.25) is 4.79 Å². The average molecular weight is 264 g/mol. The van der Waals surface area contributed by atoms with Gasteiger partial charge < -0.3 is 14.9 Å². The third-order valence-corrected chi connectivity index (χ3v) is 3.93. The first kappa shape index (κ1) is 13.9. The van der Waals surface area contributed by atoms with Gasteiger partial charge >= 0.3 is 5.97 Å². The Morgan fingerprint density at radius 1 is 1.42 bits per heavy atom. The minimum Gasteiger partial charge on any atom is -0.493 e. The molecule has 0 spiro atoms. The maximum atomic E-state index is 11.8. The largest absolute Gasteiger partial charge is 0.493 e. The summed E-state index contributed by atoms with van der Waals surface area (Å²) >= 11 is 0. The number of carbonyl (C=O) groups is 1. The number of aliphatic hydroxyl groups is 1. The van der Waals surface area contributed by atoms with Crippen LogP contribution in [0.5, 0.6) is 5.75 Å². The van der Waals surface area contributed by atoms with E-state index in [1.54, 1.807) is 12.1 Å². The minimum absolute atomic E-state index is 0.0335. The molecule has 1 aromatic rings. The molecule has 2 N–H and O–H groups in total. The fourth-order valence-electron chi connectivity index (χ4n) is 2.57. The van der Waals surface area contributed by atoms with Crippen LogP contribution in [0.3, 0.4) is 0 Å². The molecule has 1 aliphatic heterocycles. The molecule has 0 saturated carbocycles. The molecule has 0 bridgehead atoms. The molecule has 19 heavy (non-hydrogen) atoms. The summed E-state index contributed by atoms with van der Waals surface area (Å²) in [6.07, 6.45) is -0.0222. The van der Waals surface area contributed by atoms with Crippen LogP contribution < -0.4 is 4.74 Å². The molecule has 4 nitrogen and oxygen atoms in total. The van der Waals surface area contributed by atoms with Gasteiger partial charge in [-0.25, -0.2) is 0 Å². The van der Waals surface area contributed by atoms with Crippen LogP contribution >= 0.6 is 0 Å². The summed E-state index contributed by atoms with van der Waals surface area (Å²) in [6.45, 7) is 4.16. The maximum absolute atomic E-state index is 11.8. The van der Waals surface area contributed by atoms with E-state index in [2.05, 4.69) is 0 Å². The SMILES string of the molecule is CC(C)C(O)CC1(C(=O)O)CCOc2ccccc21. The van der Waals surface area contributed by atoms with Crippen LogP contribution in [0.15, 0.2) is 24.3 Å². The van der Waals surface area contributed by atoms with Crippen LogP contribution in [0.2, 0.25) is 0 Å². The van der Waals surface area contributed by atoms with Crippen LogP contribution in [0.1, 0.15) is 32.3 Å². The highest BCUT2D eigenvalue weighted by atomic mass is 16.5. The van der Waals surface area contributed by atoms with Gasteiger partial charge in [-0.2, -0.15) is 0 Å². The Hall–Kier alpha value is -1.55. The van der Waals surface area contributed by atoms with Crippen LogP contribution in [0.25, 0.3) is 0 Å². The summed E-state index contributed by atoms with van der Waals surface area (Å²) in [5.41, 5.74) is -0.369. The van der Waals surface area contributed by atoms with Crippen molar-refractivity contribution in [2.45, 2.75) is 38.2 Å². The van der Waals surface area contributed by atoms with Crippen molar-refractivity contribution in [2.75, 3.05) is 6.61 Å². The highest BCUT2D eigenvalue weighted by Gasteiger charge is 2.46. The number of fused-ring (bicyclic) bond motifs is 1. The summed E-state index contributed by atoms with van der Waals surface area (Å²) in [5, 5.41) is 19.8. The first-order chi connectivity index (χ1) is 8.97. The predicted molar refractivity (Wildman–Crippen MR) is 71.3 cm³/mol. The molecule has 1 aromatic carbocycles. The lowest BCUT2D eigenvalue weighted by Gasteiger charge is -2.37. The summed E-state index contributed by atoms with van der Waals surface area (Å²) in [4.78, 5) is 11.8. The molecule has 0 aromatic heterocycles. The van der Waals surface area contributed by atoms with Crippen LogP contribution in [0, 0.1) is 5.92 Å². The molecule has 0 fully saturated rings. The van der Waals surface area contributed by atoms with Crippen molar-refractivity contribution >= 4 is 5.97 Å². The Bertz CT molecular complexity index is 469. The Labute approximate surface area is 113 Å². The average Bonchev–Trinajstić information content (AvgIpc) is 2.38. The molecule has 0 amide bonds. The maximum Gasteiger partial charge on any atom is 0.314 e. The number of hydrogen-bond acceptors (Lipinski definition) is 3. The number of ether oxygens (including phenoxy) is 1. The van der Waals surface area contributed by atoms with E-state index in [-0.39, 0.29) is 12.3 Å². The number of aliphatic carboxylic acids is 1. The van der Waals surface area contributed by atoms with Crippen LogP contribution in [-0.2, 0) is 10.2 Å². The Balaban J connectivity index is 2.44. The fraction of sp³-hybridized carbons (Fsp3) is 0.533. The van der Waals surface area contributed by atoms with E-state index in [1.165, 1.54) is 0 Å². The van der Waals surface area contributed by atoms with Crippen molar-refractivity contribution in [3.05, 3.63) is 29.8 Å². The van der Waals surface area contributed by atoms with Gasteiger partial charge in [0.15, 0.2) is 0 Å². The number of aliphatic hydroxyl groups excluding tert-OH is 1. The molecule has 1 heterocycles. The van der Waals surface area contributed by atoms with Crippen LogP contribution in [0.4, 0.5) is 0 Å². The zero-order valence-electron chi connectivity index (χ0n) is 11.3. The van der Waals surface area contributed by atoms with E-state index in [9.17, 15) is 15.0 Å². The minimum atomic E-state index is -1.04. The summed E-state index contributed by atoms with van der Waals surface area (Å²) in [7, 11) is 0. The summed E-state index contributed by atoms with van der Waals surface area (Å²) < 4.78 is 5.53. The van der Waals surface area contributed by atoms with Crippen molar-refractivity contribution in [1.82, 2.24) is 0 Å². The third kappa shape index (κ3) is 2.45. The molecule has 4 heteroatoms. The molecule has 1 aliphatic rings. The van der Waals surface area contributed by atoms with Gasteiger partial charge in [0.2, 0.25) is 0 Å². The molecule has 2 unspecified atom stereocenters. The van der Waals surface area contributed by atoms with E-state index in [1.807, 2.05) is 26.0 Å². The first-order valence-electron chi connectivity index (χ1n) is 6.61. The van der Waals surface area contributed by atoms with Gasteiger partial charge in [0.25, 0.3) is 0 Å². The van der Waals surface area contributed by atoms with E-state index < -0.39 is 17.5 Å². The van der Waals surface area contributed by atoms with Crippen molar-refractivity contribution < 1.29 is 19.7 Å². The second kappa shape index (κ2) is 5.21. The predicted octanol–water partition coefficient (Wildman–Crippen LogP) is 2.20. The van der Waals surface area contributed by atoms with Crippen molar-refractivity contribution in [3.8, 4) is 5.75 Å². The number of carboxylic acid groups (broad SMARTS) is 1. The van der Waals surface area contributed by atoms with Crippen molar-refractivity contribution in [3.63, 3.8) is 0 Å². The Kier molecular flexibility index (Phi) is 3.80. The van der Waals surface area contributed by atoms with E-state index in [4.69, 9.17) is 4.74 Å². The number of benzene rings is 1. The number of carboxylic acids is 1. The lowest BCUT2D eigenvalue weighted by molar-refractivity contribution is -0.147. The molecule has 0 saturated heterocycles. The highest BCUT2D eigenvalue weighted by molar-refractivity contribution is 5.83. The van der Waals surface area contributed by atoms with E-state index >= 15 is 0 Å². The van der Waals surface area contributed by atoms with E-state index in [0.29, 0.717) is 24.3 Å². The monoisotopic (exact) mass is 264 g/mol. The molecule has 0 aliphatic carbocycles. The number of para-hydroxylation sites is 1. The number of hydrogen-bond donors (Lipinski definition) is 2. The molecular formula is C15H20O4. The third-order valence-electron chi connectivity index (χ3n) is 3.93. The van der Waals surface area contributed by atoms with Crippen LogP contribution in [-0.4, -0.2) is 28.9 Å². The standard InChI is InChI=1S/C15H20O4/c1-10(2)12(16)9-15(14(17)18)7-8-19-13-6-4-3-5-11(13)15/h3-6,10,12,16H,7-9H2,1-2H3,(H,17,18). The molecule has 0 radical (unpaired) electrons. The summed E-state index contributed by atoms with van der Waals surface area (Å²) in [6, 6.07) is 7.21. The normalized spacial score (nSPS) is 23.6. The Morgan fingerprint density at radius 2 is 2.11 bits per heavy atom. The smallest absolute Gasteiger partial charge is 0.314 e. The van der Waals surface area contributed by atoms with Crippen molar-refractivity contribution in [2.24, 2.45) is 5.92 Å². The molecule has 2 atom stereocenters. The van der Waals surface area contributed by atoms with E-state index in [0.717, 1.165) is 0 Å². The molecular weight excluding hydrogens is 244 g/mol. The summed E-state index contributed by atoms with van der Waals surface area (Å²) in [5.74, 6) is -0.235. The zero-order valence-corrected chi connectivity index (χ0v) is 11.3. The second-order valence-electron chi connectivity index (χ2n) is 5.50. The first-order valence-corrected chi connectivity index (χ1v) is 6.61. The van der Waals surface area contributed by atoms with Gasteiger partial charge in [-0.1, -0.05) is 32.0 Å². The molecule has 2 rings (SSSR count). The van der Waals surface area contributed by atoms with Gasteiger partial charge in [0, 0.05) is 12.0 Å². The quantitative estimate of drug-likeness (QED) is 0.875.